The fourth-order valence-electron chi connectivity index (χ4n) is 4.20. The summed E-state index contributed by atoms with van der Waals surface area (Å²) in [5.74, 6) is -0.0801. The number of ether oxygens (including phenoxy) is 2. The molecule has 0 radical (unpaired) electrons. The van der Waals surface area contributed by atoms with Crippen molar-refractivity contribution in [1.29, 1.82) is 0 Å². The van der Waals surface area contributed by atoms with Gasteiger partial charge in [0.05, 0.1) is 25.7 Å². The first kappa shape index (κ1) is 23.2. The smallest absolute Gasteiger partial charge is 0.392 e. The molecule has 1 N–H and O–H groups in total. The van der Waals surface area contributed by atoms with Gasteiger partial charge < -0.3 is 19.7 Å². The monoisotopic (exact) mass is 463 g/mol. The van der Waals surface area contributed by atoms with Gasteiger partial charge in [0, 0.05) is 18.8 Å². The molecule has 2 heterocycles. The molecule has 1 aliphatic carbocycles. The molecular formula is C24H28F3N3O3. The molecule has 2 aliphatic rings. The number of alkyl halides is 3. The van der Waals surface area contributed by atoms with Crippen molar-refractivity contribution >= 4 is 17.4 Å². The summed E-state index contributed by atoms with van der Waals surface area (Å²) in [4.78, 5) is 19.6. The van der Waals surface area contributed by atoms with Crippen molar-refractivity contribution in [3.63, 3.8) is 0 Å². The number of nitrogens with one attached hydrogen (secondary N) is 1. The molecule has 178 valence electrons. The third-order valence-corrected chi connectivity index (χ3v) is 6.43. The number of hydrogen-bond acceptors (Lipinski definition) is 5. The number of nitrogens with zero attached hydrogens (tertiary/aromatic N) is 2. The highest BCUT2D eigenvalue weighted by atomic mass is 19.4. The summed E-state index contributed by atoms with van der Waals surface area (Å²) in [6, 6.07) is 8.73. The number of aromatic nitrogens is 1. The number of carbonyl (C=O) groups is 1. The Morgan fingerprint density at radius 3 is 2.52 bits per heavy atom. The van der Waals surface area contributed by atoms with Gasteiger partial charge in [-0.3, -0.25) is 4.79 Å². The van der Waals surface area contributed by atoms with Crippen LogP contribution >= 0.6 is 0 Å². The van der Waals surface area contributed by atoms with Crippen molar-refractivity contribution in [3.05, 3.63) is 41.5 Å². The van der Waals surface area contributed by atoms with E-state index in [1.165, 1.54) is 32.1 Å². The Morgan fingerprint density at radius 2 is 1.88 bits per heavy atom. The molecule has 1 saturated heterocycles. The van der Waals surface area contributed by atoms with Gasteiger partial charge in [-0.15, -0.1) is 0 Å². The number of rotatable bonds is 7. The van der Waals surface area contributed by atoms with E-state index in [-0.39, 0.29) is 23.4 Å². The van der Waals surface area contributed by atoms with Gasteiger partial charge in [0.15, 0.2) is 5.75 Å². The number of pyridine rings is 1. The lowest BCUT2D eigenvalue weighted by molar-refractivity contribution is -0.139. The van der Waals surface area contributed by atoms with Crippen LogP contribution in [0.3, 0.4) is 0 Å². The Kier molecular flexibility index (Phi) is 6.41. The number of benzene rings is 1. The van der Waals surface area contributed by atoms with Crippen molar-refractivity contribution in [2.75, 3.05) is 37.0 Å². The molecule has 1 spiro atoms. The SMILES string of the molecule is COc1ccc(NC(=O)c2ccc(C)cc2N2CCC3(CC2)CC3)nc1OCCC(F)(F)F. The van der Waals surface area contributed by atoms with Gasteiger partial charge in [-0.1, -0.05) is 6.07 Å². The summed E-state index contributed by atoms with van der Waals surface area (Å²) >= 11 is 0. The quantitative estimate of drug-likeness (QED) is 0.599. The molecular weight excluding hydrogens is 435 g/mol. The van der Waals surface area contributed by atoms with E-state index in [9.17, 15) is 18.0 Å². The molecule has 4 rings (SSSR count). The highest BCUT2D eigenvalue weighted by Crippen LogP contribution is 2.54. The number of hydrogen-bond donors (Lipinski definition) is 1. The van der Waals surface area contributed by atoms with Gasteiger partial charge in [0.25, 0.3) is 11.8 Å². The maximum atomic E-state index is 13.1. The normalized spacial score (nSPS) is 17.1. The average Bonchev–Trinajstić information content (AvgIpc) is 3.52. The van der Waals surface area contributed by atoms with Crippen LogP contribution in [-0.2, 0) is 0 Å². The number of piperidine rings is 1. The number of amides is 1. The van der Waals surface area contributed by atoms with Crippen LogP contribution in [0.25, 0.3) is 0 Å². The van der Waals surface area contributed by atoms with Crippen molar-refractivity contribution in [2.24, 2.45) is 5.41 Å². The zero-order valence-corrected chi connectivity index (χ0v) is 18.8. The minimum absolute atomic E-state index is 0.102. The van der Waals surface area contributed by atoms with Gasteiger partial charge in [-0.25, -0.2) is 0 Å². The van der Waals surface area contributed by atoms with Crippen molar-refractivity contribution < 1.29 is 27.4 Å². The van der Waals surface area contributed by atoms with Crippen LogP contribution < -0.4 is 19.7 Å². The molecule has 2 fully saturated rings. The first-order valence-corrected chi connectivity index (χ1v) is 11.1. The minimum Gasteiger partial charge on any atom is -0.491 e. The minimum atomic E-state index is -4.34. The second kappa shape index (κ2) is 9.11. The molecule has 1 amide bonds. The summed E-state index contributed by atoms with van der Waals surface area (Å²) in [5, 5.41) is 2.75. The molecule has 1 aromatic heterocycles. The Labute approximate surface area is 191 Å². The number of methoxy groups -OCH3 is 1. The lowest BCUT2D eigenvalue weighted by atomic mass is 9.92. The lowest BCUT2D eigenvalue weighted by Gasteiger charge is -2.35. The molecule has 1 aliphatic heterocycles. The second-order valence-corrected chi connectivity index (χ2v) is 8.88. The van der Waals surface area contributed by atoms with E-state index in [0.717, 1.165) is 37.2 Å². The number of carbonyl (C=O) groups excluding carboxylic acids is 1. The van der Waals surface area contributed by atoms with Crippen molar-refractivity contribution in [2.45, 2.75) is 45.2 Å². The Balaban J connectivity index is 1.49. The Hall–Kier alpha value is -2.97. The maximum absolute atomic E-state index is 13.1. The number of anilines is 2. The van der Waals surface area contributed by atoms with Crippen LogP contribution in [0.5, 0.6) is 11.6 Å². The fraction of sp³-hybridized carbons (Fsp3) is 0.500. The van der Waals surface area contributed by atoms with Gasteiger partial charge in [-0.2, -0.15) is 18.2 Å². The molecule has 0 unspecified atom stereocenters. The van der Waals surface area contributed by atoms with Crippen LogP contribution in [-0.4, -0.2) is 43.9 Å². The van der Waals surface area contributed by atoms with Gasteiger partial charge >= 0.3 is 6.18 Å². The summed E-state index contributed by atoms with van der Waals surface area (Å²) in [7, 11) is 1.37. The van der Waals surface area contributed by atoms with Crippen molar-refractivity contribution in [3.8, 4) is 11.6 Å². The van der Waals surface area contributed by atoms with Crippen LogP contribution in [0.4, 0.5) is 24.7 Å². The third-order valence-electron chi connectivity index (χ3n) is 6.43. The molecule has 1 saturated carbocycles. The fourth-order valence-corrected chi connectivity index (χ4v) is 4.20. The molecule has 2 aromatic rings. The van der Waals surface area contributed by atoms with Crippen LogP contribution in [0.1, 0.15) is 48.0 Å². The molecule has 0 atom stereocenters. The largest absolute Gasteiger partial charge is 0.491 e. The van der Waals surface area contributed by atoms with E-state index in [1.54, 1.807) is 6.07 Å². The molecule has 0 bridgehead atoms. The predicted octanol–water partition coefficient (Wildman–Crippen LogP) is 5.36. The zero-order chi connectivity index (χ0) is 23.6. The third kappa shape index (κ3) is 5.69. The van der Waals surface area contributed by atoms with Crippen LogP contribution in [0, 0.1) is 12.3 Å². The van der Waals surface area contributed by atoms with E-state index >= 15 is 0 Å². The molecule has 9 heteroatoms. The van der Waals surface area contributed by atoms with Gasteiger partial charge in [0.2, 0.25) is 0 Å². The lowest BCUT2D eigenvalue weighted by Crippen LogP contribution is -2.35. The van der Waals surface area contributed by atoms with E-state index in [2.05, 4.69) is 15.2 Å². The Bertz CT molecular complexity index is 1010. The highest BCUT2D eigenvalue weighted by Gasteiger charge is 2.44. The van der Waals surface area contributed by atoms with E-state index < -0.39 is 19.2 Å². The van der Waals surface area contributed by atoms with Crippen molar-refractivity contribution in [1.82, 2.24) is 4.98 Å². The predicted molar refractivity (Wildman–Crippen MR) is 119 cm³/mol. The average molecular weight is 464 g/mol. The standard InChI is InChI=1S/C24H28F3N3O3/c1-16-3-4-17(18(15-16)30-12-9-23(7-8-23)10-13-30)21(31)28-20-6-5-19(32-2)22(29-20)33-14-11-24(25,26)27/h3-6,15H,7-14H2,1-2H3,(H,28,29,31). The topological polar surface area (TPSA) is 63.7 Å². The van der Waals surface area contributed by atoms with Gasteiger partial charge in [0.1, 0.15) is 5.82 Å². The summed E-state index contributed by atoms with van der Waals surface area (Å²) in [6.45, 7) is 3.24. The number of halogens is 3. The molecule has 33 heavy (non-hydrogen) atoms. The first-order chi connectivity index (χ1) is 15.7. The summed E-state index contributed by atoms with van der Waals surface area (Å²) in [5.41, 5.74) is 3.01. The first-order valence-electron chi connectivity index (χ1n) is 11.1. The maximum Gasteiger partial charge on any atom is 0.392 e. The second-order valence-electron chi connectivity index (χ2n) is 8.88. The van der Waals surface area contributed by atoms with Crippen LogP contribution in [0.2, 0.25) is 0 Å². The summed E-state index contributed by atoms with van der Waals surface area (Å²) in [6.07, 6.45) is -0.564. The number of aryl methyl sites for hydroxylation is 1. The zero-order valence-electron chi connectivity index (χ0n) is 18.8. The highest BCUT2D eigenvalue weighted by molar-refractivity contribution is 6.08. The molecule has 1 aromatic carbocycles. The summed E-state index contributed by atoms with van der Waals surface area (Å²) < 4.78 is 47.7. The molecule has 6 nitrogen and oxygen atoms in total. The van der Waals surface area contributed by atoms with E-state index in [0.29, 0.717) is 11.0 Å². The van der Waals surface area contributed by atoms with Gasteiger partial charge in [-0.05, 0) is 67.9 Å². The van der Waals surface area contributed by atoms with E-state index in [1.807, 2.05) is 19.1 Å². The van der Waals surface area contributed by atoms with Crippen LogP contribution in [0.15, 0.2) is 30.3 Å². The Morgan fingerprint density at radius 1 is 1.15 bits per heavy atom. The van der Waals surface area contributed by atoms with E-state index in [4.69, 9.17) is 9.47 Å².